The number of nitrogens with zero attached hydrogens (tertiary/aromatic N) is 3. The van der Waals surface area contributed by atoms with Crippen LogP contribution >= 0.6 is 46.5 Å². The number of aromatic nitrogens is 1. The van der Waals surface area contributed by atoms with E-state index in [-0.39, 0.29) is 5.91 Å². The fourth-order valence-corrected chi connectivity index (χ4v) is 5.86. The standard InChI is InChI=1S/C24H30ClN3OS3/c1-4-27(5-2)14-15-28(24-26-21-13-12-20(30-3)17-22(21)32-24)23(29)7-6-16-31-19-10-8-18(25)9-11-19/h8-13,17H,4-7,14-16H2,1-3H3. The van der Waals surface area contributed by atoms with Gasteiger partial charge in [-0.1, -0.05) is 36.8 Å². The second-order valence-electron chi connectivity index (χ2n) is 7.31. The molecular weight excluding hydrogens is 478 g/mol. The highest BCUT2D eigenvalue weighted by Gasteiger charge is 2.20. The van der Waals surface area contributed by atoms with Gasteiger partial charge in [0.1, 0.15) is 0 Å². The topological polar surface area (TPSA) is 36.4 Å². The zero-order valence-electron chi connectivity index (χ0n) is 18.8. The van der Waals surface area contributed by atoms with Crippen LogP contribution in [0.15, 0.2) is 52.3 Å². The van der Waals surface area contributed by atoms with Gasteiger partial charge in [-0.2, -0.15) is 0 Å². The van der Waals surface area contributed by atoms with E-state index in [1.807, 2.05) is 29.2 Å². The van der Waals surface area contributed by atoms with Crippen LogP contribution in [0.5, 0.6) is 0 Å². The number of hydrogen-bond acceptors (Lipinski definition) is 6. The van der Waals surface area contributed by atoms with Crippen LogP contribution in [-0.2, 0) is 4.79 Å². The normalized spacial score (nSPS) is 11.4. The van der Waals surface area contributed by atoms with Gasteiger partial charge in [0.25, 0.3) is 0 Å². The van der Waals surface area contributed by atoms with Gasteiger partial charge in [0, 0.05) is 34.3 Å². The van der Waals surface area contributed by atoms with Crippen molar-refractivity contribution in [1.29, 1.82) is 0 Å². The van der Waals surface area contributed by atoms with Gasteiger partial charge >= 0.3 is 0 Å². The summed E-state index contributed by atoms with van der Waals surface area (Å²) in [7, 11) is 0. The van der Waals surface area contributed by atoms with Crippen molar-refractivity contribution in [1.82, 2.24) is 9.88 Å². The average molecular weight is 508 g/mol. The van der Waals surface area contributed by atoms with Crippen molar-refractivity contribution in [2.45, 2.75) is 36.5 Å². The minimum absolute atomic E-state index is 0.151. The van der Waals surface area contributed by atoms with Crippen LogP contribution < -0.4 is 4.90 Å². The Morgan fingerprint density at radius 2 is 1.78 bits per heavy atom. The number of fused-ring (bicyclic) bond motifs is 1. The molecule has 32 heavy (non-hydrogen) atoms. The summed E-state index contributed by atoms with van der Waals surface area (Å²) in [5, 5.41) is 1.55. The Labute approximate surface area is 208 Å². The maximum absolute atomic E-state index is 13.2. The number of carbonyl (C=O) groups excluding carboxylic acids is 1. The molecule has 0 aliphatic heterocycles. The van der Waals surface area contributed by atoms with E-state index in [1.54, 1.807) is 34.9 Å². The second kappa shape index (κ2) is 12.8. The van der Waals surface area contributed by atoms with E-state index in [0.29, 0.717) is 13.0 Å². The van der Waals surface area contributed by atoms with Gasteiger partial charge in [-0.25, -0.2) is 4.98 Å². The van der Waals surface area contributed by atoms with Crippen molar-refractivity contribution < 1.29 is 4.79 Å². The van der Waals surface area contributed by atoms with Gasteiger partial charge in [0.2, 0.25) is 5.91 Å². The first-order valence-corrected chi connectivity index (χ1v) is 14.3. The molecule has 0 atom stereocenters. The molecule has 3 rings (SSSR count). The van der Waals surface area contributed by atoms with E-state index < -0.39 is 0 Å². The number of carbonyl (C=O) groups is 1. The number of benzene rings is 2. The van der Waals surface area contributed by atoms with Crippen molar-refractivity contribution >= 4 is 67.7 Å². The second-order valence-corrected chi connectivity index (χ2v) is 10.8. The van der Waals surface area contributed by atoms with Crippen LogP contribution in [-0.4, -0.2) is 54.0 Å². The molecular formula is C24H30ClN3OS3. The van der Waals surface area contributed by atoms with Crippen molar-refractivity contribution in [3.8, 4) is 0 Å². The molecule has 1 aromatic heterocycles. The quantitative estimate of drug-likeness (QED) is 0.196. The number of likely N-dealkylation sites (N-methyl/N-ethyl adjacent to an activating group) is 1. The van der Waals surface area contributed by atoms with Gasteiger partial charge in [-0.3, -0.25) is 9.69 Å². The highest BCUT2D eigenvalue weighted by molar-refractivity contribution is 7.99. The van der Waals surface area contributed by atoms with Crippen LogP contribution in [0.25, 0.3) is 10.2 Å². The molecule has 0 unspecified atom stereocenters. The van der Waals surface area contributed by atoms with Crippen LogP contribution in [0.4, 0.5) is 5.13 Å². The third kappa shape index (κ3) is 7.12. The molecule has 172 valence electrons. The third-order valence-corrected chi connectivity index (χ3v) is 8.38. The average Bonchev–Trinajstić information content (AvgIpc) is 3.23. The predicted octanol–water partition coefficient (Wildman–Crippen LogP) is 6.92. The number of anilines is 1. The summed E-state index contributed by atoms with van der Waals surface area (Å²) in [6.07, 6.45) is 3.42. The van der Waals surface area contributed by atoms with Crippen molar-refractivity contribution in [2.75, 3.05) is 43.1 Å². The summed E-state index contributed by atoms with van der Waals surface area (Å²) in [5.41, 5.74) is 0.960. The Bertz CT molecular complexity index is 1010. The van der Waals surface area contributed by atoms with Crippen LogP contribution in [0.1, 0.15) is 26.7 Å². The SMILES string of the molecule is CCN(CC)CCN(C(=O)CCCSc1ccc(Cl)cc1)c1nc2ccc(SC)cc2s1. The highest BCUT2D eigenvalue weighted by Crippen LogP contribution is 2.32. The van der Waals surface area contributed by atoms with E-state index in [4.69, 9.17) is 16.6 Å². The maximum Gasteiger partial charge on any atom is 0.228 e. The van der Waals surface area contributed by atoms with E-state index >= 15 is 0 Å². The minimum atomic E-state index is 0.151. The van der Waals surface area contributed by atoms with Gasteiger partial charge in [0.05, 0.1) is 10.2 Å². The summed E-state index contributed by atoms with van der Waals surface area (Å²) in [4.78, 5) is 24.7. The predicted molar refractivity (Wildman–Crippen MR) is 143 cm³/mol. The van der Waals surface area contributed by atoms with Crippen molar-refractivity contribution in [3.63, 3.8) is 0 Å². The smallest absolute Gasteiger partial charge is 0.228 e. The number of rotatable bonds is 12. The lowest BCUT2D eigenvalue weighted by molar-refractivity contribution is -0.118. The molecule has 0 radical (unpaired) electrons. The largest absolute Gasteiger partial charge is 0.302 e. The Hall–Kier alpha value is -1.25. The minimum Gasteiger partial charge on any atom is -0.302 e. The Morgan fingerprint density at radius 3 is 2.47 bits per heavy atom. The molecule has 0 aliphatic rings. The molecule has 0 spiro atoms. The molecule has 4 nitrogen and oxygen atoms in total. The van der Waals surface area contributed by atoms with E-state index in [2.05, 4.69) is 43.2 Å². The molecule has 1 amide bonds. The van der Waals surface area contributed by atoms with Crippen molar-refractivity contribution in [2.24, 2.45) is 0 Å². The zero-order chi connectivity index (χ0) is 22.9. The molecule has 1 heterocycles. The Kier molecular flexibility index (Phi) is 10.2. The van der Waals surface area contributed by atoms with E-state index in [1.165, 1.54) is 9.79 Å². The molecule has 0 saturated heterocycles. The maximum atomic E-state index is 13.2. The van der Waals surface area contributed by atoms with Crippen LogP contribution in [0.2, 0.25) is 5.02 Å². The van der Waals surface area contributed by atoms with E-state index in [0.717, 1.165) is 52.2 Å². The van der Waals surface area contributed by atoms with E-state index in [9.17, 15) is 4.79 Å². The first-order valence-electron chi connectivity index (χ1n) is 10.9. The molecule has 0 fully saturated rings. The van der Waals surface area contributed by atoms with Crippen LogP contribution in [0, 0.1) is 0 Å². The first-order chi connectivity index (χ1) is 15.5. The lowest BCUT2D eigenvalue weighted by atomic mass is 10.3. The Morgan fingerprint density at radius 1 is 1.06 bits per heavy atom. The fraction of sp³-hybridized carbons (Fsp3) is 0.417. The van der Waals surface area contributed by atoms with Gasteiger partial charge in [-0.05, 0) is 74.0 Å². The number of thiazole rings is 1. The molecule has 0 bridgehead atoms. The Balaban J connectivity index is 1.67. The summed E-state index contributed by atoms with van der Waals surface area (Å²) < 4.78 is 1.13. The lowest BCUT2D eigenvalue weighted by Gasteiger charge is -2.24. The van der Waals surface area contributed by atoms with Crippen LogP contribution in [0.3, 0.4) is 0 Å². The third-order valence-electron chi connectivity index (χ3n) is 5.27. The van der Waals surface area contributed by atoms with Crippen molar-refractivity contribution in [3.05, 3.63) is 47.5 Å². The molecule has 2 aromatic carbocycles. The molecule has 0 N–H and O–H groups in total. The fourth-order valence-electron chi connectivity index (χ4n) is 3.32. The number of hydrogen-bond donors (Lipinski definition) is 0. The number of thioether (sulfide) groups is 2. The molecule has 8 heteroatoms. The number of amides is 1. The summed E-state index contributed by atoms with van der Waals surface area (Å²) in [5.74, 6) is 1.05. The summed E-state index contributed by atoms with van der Waals surface area (Å²) in [6.45, 7) is 7.79. The summed E-state index contributed by atoms with van der Waals surface area (Å²) >= 11 is 11.1. The first kappa shape index (κ1) is 25.4. The highest BCUT2D eigenvalue weighted by atomic mass is 35.5. The lowest BCUT2D eigenvalue weighted by Crippen LogP contribution is -2.38. The summed E-state index contributed by atoms with van der Waals surface area (Å²) in [6, 6.07) is 14.2. The van der Waals surface area contributed by atoms with Gasteiger partial charge < -0.3 is 4.90 Å². The zero-order valence-corrected chi connectivity index (χ0v) is 22.0. The molecule has 3 aromatic rings. The number of halogens is 1. The van der Waals surface area contributed by atoms with Gasteiger partial charge in [-0.15, -0.1) is 23.5 Å². The molecule has 0 saturated carbocycles. The van der Waals surface area contributed by atoms with Gasteiger partial charge in [0.15, 0.2) is 5.13 Å². The molecule has 0 aliphatic carbocycles. The monoisotopic (exact) mass is 507 g/mol.